The maximum atomic E-state index is 11.6. The average molecular weight is 365 g/mol. The van der Waals surface area contributed by atoms with Crippen molar-refractivity contribution in [2.75, 3.05) is 5.32 Å². The van der Waals surface area contributed by atoms with Gasteiger partial charge in [0.05, 0.1) is 4.92 Å². The summed E-state index contributed by atoms with van der Waals surface area (Å²) in [4.78, 5) is 23.1. The Morgan fingerprint density at radius 1 is 1.11 bits per heavy atom. The van der Waals surface area contributed by atoms with Crippen molar-refractivity contribution >= 4 is 17.3 Å². The molecule has 1 N–H and O–H groups in total. The molecule has 2 aromatic heterocycles. The molecular formula is C19H19N5O3. The first kappa shape index (κ1) is 18.2. The molecule has 0 radical (unpaired) electrons. The van der Waals surface area contributed by atoms with E-state index in [1.165, 1.54) is 6.33 Å². The molecule has 0 atom stereocenters. The Bertz CT molecular complexity index is 958. The van der Waals surface area contributed by atoms with E-state index in [2.05, 4.69) is 34.1 Å². The highest BCUT2D eigenvalue weighted by Crippen LogP contribution is 2.35. The van der Waals surface area contributed by atoms with Crippen molar-refractivity contribution in [3.05, 3.63) is 70.2 Å². The molecular weight excluding hydrogens is 346 g/mol. The second-order valence-corrected chi connectivity index (χ2v) is 6.30. The van der Waals surface area contributed by atoms with E-state index in [1.54, 1.807) is 24.4 Å². The molecule has 0 saturated carbocycles. The average Bonchev–Trinajstić information content (AvgIpc) is 2.62. The van der Waals surface area contributed by atoms with E-state index in [1.807, 2.05) is 25.1 Å². The van der Waals surface area contributed by atoms with Crippen LogP contribution >= 0.6 is 0 Å². The van der Waals surface area contributed by atoms with Gasteiger partial charge in [0.25, 0.3) is 0 Å². The highest BCUT2D eigenvalue weighted by atomic mass is 16.6. The molecule has 0 bridgehead atoms. The number of rotatable bonds is 6. The van der Waals surface area contributed by atoms with Crippen molar-refractivity contribution in [1.29, 1.82) is 0 Å². The van der Waals surface area contributed by atoms with Crippen molar-refractivity contribution in [3.63, 3.8) is 0 Å². The fraction of sp³-hybridized carbons (Fsp3) is 0.211. The van der Waals surface area contributed by atoms with Crippen molar-refractivity contribution < 1.29 is 9.66 Å². The molecule has 0 amide bonds. The highest BCUT2D eigenvalue weighted by molar-refractivity contribution is 5.67. The van der Waals surface area contributed by atoms with E-state index >= 15 is 0 Å². The van der Waals surface area contributed by atoms with Gasteiger partial charge in [-0.1, -0.05) is 26.0 Å². The number of anilines is 2. The minimum Gasteiger partial charge on any atom is -0.434 e. The van der Waals surface area contributed by atoms with E-state index in [9.17, 15) is 10.1 Å². The first-order valence-corrected chi connectivity index (χ1v) is 8.41. The van der Waals surface area contributed by atoms with E-state index < -0.39 is 4.92 Å². The molecule has 0 fully saturated rings. The Morgan fingerprint density at radius 3 is 2.48 bits per heavy atom. The summed E-state index contributed by atoms with van der Waals surface area (Å²) in [6.45, 7) is 6.07. The van der Waals surface area contributed by atoms with E-state index in [4.69, 9.17) is 4.74 Å². The number of nitrogens with one attached hydrogen (secondary N) is 1. The van der Waals surface area contributed by atoms with Crippen LogP contribution in [0.15, 0.2) is 48.9 Å². The van der Waals surface area contributed by atoms with Crippen LogP contribution in [0.3, 0.4) is 0 Å². The Hall–Kier alpha value is -3.55. The van der Waals surface area contributed by atoms with E-state index in [-0.39, 0.29) is 17.4 Å². The Balaban J connectivity index is 1.92. The smallest absolute Gasteiger partial charge is 0.373 e. The van der Waals surface area contributed by atoms with Gasteiger partial charge in [-0.2, -0.15) is 4.98 Å². The minimum atomic E-state index is -0.573. The predicted molar refractivity (Wildman–Crippen MR) is 102 cm³/mol. The third-order valence-electron chi connectivity index (χ3n) is 3.89. The van der Waals surface area contributed by atoms with Gasteiger partial charge in [-0.05, 0) is 48.2 Å². The molecule has 8 heteroatoms. The molecule has 3 rings (SSSR count). The van der Waals surface area contributed by atoms with Crippen LogP contribution in [0, 0.1) is 17.0 Å². The van der Waals surface area contributed by atoms with Gasteiger partial charge in [-0.15, -0.1) is 0 Å². The summed E-state index contributed by atoms with van der Waals surface area (Å²) in [7, 11) is 0. The summed E-state index contributed by atoms with van der Waals surface area (Å²) in [6, 6.07) is 10.9. The third-order valence-corrected chi connectivity index (χ3v) is 3.89. The number of nitrogens with zero attached hydrogens (tertiary/aromatic N) is 4. The number of benzene rings is 1. The number of ether oxygens (including phenoxy) is 1. The Labute approximate surface area is 156 Å². The zero-order chi connectivity index (χ0) is 19.4. The number of aryl methyl sites for hydroxylation is 1. The summed E-state index contributed by atoms with van der Waals surface area (Å²) >= 11 is 0. The Morgan fingerprint density at radius 2 is 1.85 bits per heavy atom. The first-order valence-electron chi connectivity index (χ1n) is 8.41. The molecule has 0 aliphatic rings. The molecule has 3 aromatic rings. The van der Waals surface area contributed by atoms with Crippen molar-refractivity contribution in [3.8, 4) is 11.6 Å². The highest BCUT2D eigenvalue weighted by Gasteiger charge is 2.25. The number of hydrogen-bond acceptors (Lipinski definition) is 7. The maximum Gasteiger partial charge on any atom is 0.373 e. The van der Waals surface area contributed by atoms with Crippen LogP contribution in [0.4, 0.5) is 17.3 Å². The maximum absolute atomic E-state index is 11.6. The molecule has 8 nitrogen and oxygen atoms in total. The topological polar surface area (TPSA) is 103 Å². The SMILES string of the molecule is Cc1ccnc(Nc2ncnc(Oc3ccc(C(C)C)cc3)c2[N+](=O)[O-])c1. The number of nitro groups is 1. The van der Waals surface area contributed by atoms with Crippen LogP contribution in [0.5, 0.6) is 11.6 Å². The van der Waals surface area contributed by atoms with Gasteiger partial charge in [0, 0.05) is 6.20 Å². The summed E-state index contributed by atoms with van der Waals surface area (Å²) in [5.74, 6) is 1.17. The van der Waals surface area contributed by atoms with Crippen LogP contribution in [0.2, 0.25) is 0 Å². The minimum absolute atomic E-state index is 0.0156. The molecule has 0 aliphatic carbocycles. The number of pyridine rings is 1. The molecule has 1 aromatic carbocycles. The summed E-state index contributed by atoms with van der Waals surface area (Å²) in [5, 5.41) is 14.5. The monoisotopic (exact) mass is 365 g/mol. The van der Waals surface area contributed by atoms with Crippen LogP contribution in [0.25, 0.3) is 0 Å². The zero-order valence-corrected chi connectivity index (χ0v) is 15.2. The standard InChI is InChI=1S/C19H19N5O3/c1-12(2)14-4-6-15(7-5-14)27-19-17(24(25)26)18(21-11-22-19)23-16-10-13(3)8-9-20-16/h4-12H,1-3H3,(H,20,21,22,23). The van der Waals surface area contributed by atoms with Gasteiger partial charge in [0.1, 0.15) is 17.9 Å². The van der Waals surface area contributed by atoms with Crippen molar-refractivity contribution in [1.82, 2.24) is 15.0 Å². The second kappa shape index (κ2) is 7.77. The van der Waals surface area contributed by atoms with Crippen molar-refractivity contribution in [2.45, 2.75) is 26.7 Å². The zero-order valence-electron chi connectivity index (χ0n) is 15.2. The quantitative estimate of drug-likeness (QED) is 0.496. The molecule has 0 saturated heterocycles. The van der Waals surface area contributed by atoms with Gasteiger partial charge < -0.3 is 10.1 Å². The van der Waals surface area contributed by atoms with Crippen LogP contribution < -0.4 is 10.1 Å². The lowest BCUT2D eigenvalue weighted by Gasteiger charge is -2.10. The normalized spacial score (nSPS) is 10.7. The Kier molecular flexibility index (Phi) is 5.25. The third kappa shape index (κ3) is 4.35. The first-order chi connectivity index (χ1) is 12.9. The lowest BCUT2D eigenvalue weighted by molar-refractivity contribution is -0.385. The fourth-order valence-electron chi connectivity index (χ4n) is 2.45. The lowest BCUT2D eigenvalue weighted by Crippen LogP contribution is -2.04. The molecule has 0 spiro atoms. The molecule has 0 unspecified atom stereocenters. The lowest BCUT2D eigenvalue weighted by atomic mass is 10.0. The second-order valence-electron chi connectivity index (χ2n) is 6.30. The summed E-state index contributed by atoms with van der Waals surface area (Å²) in [6.07, 6.45) is 2.82. The van der Waals surface area contributed by atoms with E-state index in [0.717, 1.165) is 11.1 Å². The fourth-order valence-corrected chi connectivity index (χ4v) is 2.45. The summed E-state index contributed by atoms with van der Waals surface area (Å²) < 4.78 is 5.65. The van der Waals surface area contributed by atoms with Crippen LogP contribution in [-0.2, 0) is 0 Å². The van der Waals surface area contributed by atoms with Gasteiger partial charge in [-0.3, -0.25) is 10.1 Å². The number of hydrogen-bond donors (Lipinski definition) is 1. The summed E-state index contributed by atoms with van der Waals surface area (Å²) in [5.41, 5.74) is 1.76. The van der Waals surface area contributed by atoms with Crippen LogP contribution in [0.1, 0.15) is 30.9 Å². The van der Waals surface area contributed by atoms with Gasteiger partial charge in [0.2, 0.25) is 5.82 Å². The van der Waals surface area contributed by atoms with Crippen LogP contribution in [-0.4, -0.2) is 19.9 Å². The number of aromatic nitrogens is 3. The van der Waals surface area contributed by atoms with E-state index in [0.29, 0.717) is 17.5 Å². The molecule has 0 aliphatic heterocycles. The molecule has 2 heterocycles. The predicted octanol–water partition coefficient (Wildman–Crippen LogP) is 4.75. The van der Waals surface area contributed by atoms with Gasteiger partial charge in [0.15, 0.2) is 0 Å². The van der Waals surface area contributed by atoms with Gasteiger partial charge >= 0.3 is 11.6 Å². The van der Waals surface area contributed by atoms with Crippen molar-refractivity contribution in [2.24, 2.45) is 0 Å². The van der Waals surface area contributed by atoms with Gasteiger partial charge in [-0.25, -0.2) is 9.97 Å². The largest absolute Gasteiger partial charge is 0.434 e. The molecule has 138 valence electrons. The molecule has 27 heavy (non-hydrogen) atoms.